The fourth-order valence-electron chi connectivity index (χ4n) is 4.19. The predicted molar refractivity (Wildman–Crippen MR) is 100 cm³/mol. The van der Waals surface area contributed by atoms with Crippen LogP contribution in [0.4, 0.5) is 5.82 Å². The minimum Gasteiger partial charge on any atom is -0.356 e. The molecule has 0 aromatic carbocycles. The van der Waals surface area contributed by atoms with E-state index in [2.05, 4.69) is 32.0 Å². The van der Waals surface area contributed by atoms with Crippen molar-refractivity contribution in [3.63, 3.8) is 0 Å². The van der Waals surface area contributed by atoms with Crippen LogP contribution in [-0.2, 0) is 7.05 Å². The number of hydrogen-bond acceptors (Lipinski definition) is 6. The van der Waals surface area contributed by atoms with E-state index in [1.165, 1.54) is 4.68 Å². The lowest BCUT2D eigenvalue weighted by Crippen LogP contribution is -2.36. The van der Waals surface area contributed by atoms with Gasteiger partial charge in [-0.15, -0.1) is 0 Å². The van der Waals surface area contributed by atoms with E-state index in [1.54, 1.807) is 13.4 Å². The molecule has 9 heteroatoms. The van der Waals surface area contributed by atoms with E-state index in [9.17, 15) is 4.79 Å². The van der Waals surface area contributed by atoms with Gasteiger partial charge in [-0.05, 0) is 39.5 Å². The van der Waals surface area contributed by atoms with Crippen LogP contribution in [0.3, 0.4) is 0 Å². The highest BCUT2D eigenvalue weighted by molar-refractivity contribution is 5.54. The maximum Gasteiger partial charge on any atom is 0.345 e. The first kappa shape index (κ1) is 16.5. The number of hydrogen-bond donors (Lipinski definition) is 0. The molecule has 5 rings (SSSR count). The number of rotatable bonds is 3. The molecule has 1 aliphatic heterocycles. The molecule has 0 spiro atoms. The third-order valence-electron chi connectivity index (χ3n) is 5.93. The number of fused-ring (bicyclic) bond motifs is 1. The summed E-state index contributed by atoms with van der Waals surface area (Å²) in [7, 11) is 1.75. The molecule has 27 heavy (non-hydrogen) atoms. The van der Waals surface area contributed by atoms with E-state index in [4.69, 9.17) is 0 Å². The van der Waals surface area contributed by atoms with Crippen molar-refractivity contribution in [3.05, 3.63) is 33.9 Å². The Labute approximate surface area is 156 Å². The number of piperidine rings is 1. The van der Waals surface area contributed by atoms with Crippen molar-refractivity contribution in [2.75, 3.05) is 18.0 Å². The van der Waals surface area contributed by atoms with Crippen LogP contribution in [0.1, 0.15) is 54.7 Å². The second-order valence-corrected chi connectivity index (χ2v) is 7.74. The first-order valence-corrected chi connectivity index (χ1v) is 9.62. The van der Waals surface area contributed by atoms with E-state index >= 15 is 0 Å². The molecule has 0 unspecified atom stereocenters. The van der Waals surface area contributed by atoms with Gasteiger partial charge in [0.15, 0.2) is 0 Å². The molecule has 0 radical (unpaired) electrons. The maximum atomic E-state index is 12.4. The number of aromatic nitrogens is 7. The Morgan fingerprint density at radius 2 is 1.85 bits per heavy atom. The lowest BCUT2D eigenvalue weighted by Gasteiger charge is -2.34. The molecule has 3 aromatic rings. The zero-order chi connectivity index (χ0) is 18.7. The SMILES string of the molecule is Cc1nc2ncnn2c(N2CCC(c3nn(C)c(=O)n3C3CC3)CC2)c1C. The largest absolute Gasteiger partial charge is 0.356 e. The van der Waals surface area contributed by atoms with Crippen LogP contribution < -0.4 is 10.6 Å². The summed E-state index contributed by atoms with van der Waals surface area (Å²) in [6.07, 6.45) is 5.69. The summed E-state index contributed by atoms with van der Waals surface area (Å²) in [5.41, 5.74) is 2.15. The first-order chi connectivity index (χ1) is 13.0. The lowest BCUT2D eigenvalue weighted by molar-refractivity contribution is 0.458. The Bertz CT molecular complexity index is 1070. The van der Waals surface area contributed by atoms with Crippen LogP contribution in [0, 0.1) is 13.8 Å². The molecular formula is C18H24N8O. The highest BCUT2D eigenvalue weighted by Crippen LogP contribution is 2.38. The van der Waals surface area contributed by atoms with Gasteiger partial charge in [-0.3, -0.25) is 4.57 Å². The van der Waals surface area contributed by atoms with Crippen LogP contribution in [-0.4, -0.2) is 47.0 Å². The first-order valence-electron chi connectivity index (χ1n) is 9.62. The van der Waals surface area contributed by atoms with Gasteiger partial charge in [-0.2, -0.15) is 19.7 Å². The van der Waals surface area contributed by atoms with Crippen LogP contribution in [0.5, 0.6) is 0 Å². The zero-order valence-electron chi connectivity index (χ0n) is 16.0. The normalized spacial score (nSPS) is 18.6. The molecule has 142 valence electrons. The minimum atomic E-state index is 0.0276. The predicted octanol–water partition coefficient (Wildman–Crippen LogP) is 1.36. The Morgan fingerprint density at radius 1 is 1.11 bits per heavy atom. The van der Waals surface area contributed by atoms with Crippen molar-refractivity contribution >= 4 is 11.6 Å². The highest BCUT2D eigenvalue weighted by Gasteiger charge is 2.34. The molecule has 2 fully saturated rings. The molecule has 9 nitrogen and oxygen atoms in total. The molecule has 0 atom stereocenters. The number of aryl methyl sites for hydroxylation is 2. The molecule has 1 saturated carbocycles. The van der Waals surface area contributed by atoms with Crippen molar-refractivity contribution in [3.8, 4) is 0 Å². The van der Waals surface area contributed by atoms with Crippen molar-refractivity contribution < 1.29 is 0 Å². The van der Waals surface area contributed by atoms with Gasteiger partial charge in [0.1, 0.15) is 18.0 Å². The van der Waals surface area contributed by atoms with Gasteiger partial charge < -0.3 is 4.90 Å². The second-order valence-electron chi connectivity index (χ2n) is 7.74. The summed E-state index contributed by atoms with van der Waals surface area (Å²) in [4.78, 5) is 23.6. The molecule has 2 aliphatic rings. The number of nitrogens with zero attached hydrogens (tertiary/aromatic N) is 8. The quantitative estimate of drug-likeness (QED) is 0.694. The fraction of sp³-hybridized carbons (Fsp3) is 0.611. The third-order valence-corrected chi connectivity index (χ3v) is 5.93. The van der Waals surface area contributed by atoms with Gasteiger partial charge in [-0.1, -0.05) is 0 Å². The van der Waals surface area contributed by atoms with E-state index < -0.39 is 0 Å². The Balaban J connectivity index is 1.43. The monoisotopic (exact) mass is 368 g/mol. The molecule has 0 N–H and O–H groups in total. The molecule has 0 amide bonds. The van der Waals surface area contributed by atoms with Crippen LogP contribution >= 0.6 is 0 Å². The highest BCUT2D eigenvalue weighted by atomic mass is 16.2. The van der Waals surface area contributed by atoms with Crippen molar-refractivity contribution in [2.24, 2.45) is 7.05 Å². The van der Waals surface area contributed by atoms with Crippen LogP contribution in [0.25, 0.3) is 5.78 Å². The van der Waals surface area contributed by atoms with E-state index in [1.807, 2.05) is 16.0 Å². The average Bonchev–Trinajstić information content (AvgIpc) is 3.32. The molecular weight excluding hydrogens is 344 g/mol. The Kier molecular flexibility index (Phi) is 3.60. The minimum absolute atomic E-state index is 0.0276. The summed E-state index contributed by atoms with van der Waals surface area (Å²) in [5.74, 6) is 3.01. The van der Waals surface area contributed by atoms with Gasteiger partial charge >= 0.3 is 5.69 Å². The van der Waals surface area contributed by atoms with Crippen LogP contribution in [0.15, 0.2) is 11.1 Å². The summed E-state index contributed by atoms with van der Waals surface area (Å²) in [6, 6.07) is 0.360. The van der Waals surface area contributed by atoms with Crippen LogP contribution in [0.2, 0.25) is 0 Å². The summed E-state index contributed by atoms with van der Waals surface area (Å²) < 4.78 is 5.27. The summed E-state index contributed by atoms with van der Waals surface area (Å²) in [5, 5.41) is 8.95. The van der Waals surface area contributed by atoms with Gasteiger partial charge in [0.25, 0.3) is 5.78 Å². The summed E-state index contributed by atoms with van der Waals surface area (Å²) in [6.45, 7) is 5.91. The smallest absolute Gasteiger partial charge is 0.345 e. The standard InChI is InChI=1S/C18H24N8O/c1-11-12(2)21-17-19-10-20-26(17)16(11)24-8-6-13(7-9-24)15-22-23(3)18(27)25(15)14-4-5-14/h10,13-14H,4-9H2,1-3H3. The molecule has 3 aromatic heterocycles. The maximum absolute atomic E-state index is 12.4. The second kappa shape index (κ2) is 5.90. The van der Waals surface area contributed by atoms with Gasteiger partial charge in [0.2, 0.25) is 0 Å². The van der Waals surface area contributed by atoms with Crippen molar-refractivity contribution in [1.82, 2.24) is 33.9 Å². The average molecular weight is 368 g/mol. The van der Waals surface area contributed by atoms with Gasteiger partial charge in [-0.25, -0.2) is 14.5 Å². The topological polar surface area (TPSA) is 86.1 Å². The lowest BCUT2D eigenvalue weighted by atomic mass is 9.95. The van der Waals surface area contributed by atoms with E-state index in [-0.39, 0.29) is 5.69 Å². The van der Waals surface area contributed by atoms with Crippen molar-refractivity contribution in [2.45, 2.75) is 51.5 Å². The van der Waals surface area contributed by atoms with Crippen molar-refractivity contribution in [1.29, 1.82) is 0 Å². The zero-order valence-corrected chi connectivity index (χ0v) is 16.0. The fourth-order valence-corrected chi connectivity index (χ4v) is 4.19. The molecule has 1 aliphatic carbocycles. The third kappa shape index (κ3) is 2.55. The van der Waals surface area contributed by atoms with Gasteiger partial charge in [0.05, 0.1) is 0 Å². The van der Waals surface area contributed by atoms with Gasteiger partial charge in [0, 0.05) is 43.4 Å². The molecule has 4 heterocycles. The molecule has 1 saturated heterocycles. The Morgan fingerprint density at radius 3 is 2.56 bits per heavy atom. The number of anilines is 1. The summed E-state index contributed by atoms with van der Waals surface area (Å²) >= 11 is 0. The Hall–Kier alpha value is -2.71. The molecule has 0 bridgehead atoms. The van der Waals surface area contributed by atoms with E-state index in [0.29, 0.717) is 17.7 Å². The van der Waals surface area contributed by atoms with E-state index in [0.717, 1.165) is 61.7 Å².